The van der Waals surface area contributed by atoms with Crippen LogP contribution in [0.3, 0.4) is 0 Å². The third-order valence-electron chi connectivity index (χ3n) is 3.99. The number of halogens is 1. The molecule has 0 radical (unpaired) electrons. The van der Waals surface area contributed by atoms with E-state index in [0.717, 1.165) is 29.8 Å². The third kappa shape index (κ3) is 3.55. The predicted octanol–water partition coefficient (Wildman–Crippen LogP) is 4.60. The molecule has 24 heavy (non-hydrogen) atoms. The van der Waals surface area contributed by atoms with Gasteiger partial charge in [-0.05, 0) is 37.1 Å². The summed E-state index contributed by atoms with van der Waals surface area (Å²) in [5.74, 6) is 1.42. The van der Waals surface area contributed by atoms with E-state index in [2.05, 4.69) is 9.55 Å². The van der Waals surface area contributed by atoms with Crippen LogP contribution in [0.25, 0.3) is 11.0 Å². The van der Waals surface area contributed by atoms with Crippen LogP contribution >= 0.6 is 11.6 Å². The minimum atomic E-state index is -0.554. The van der Waals surface area contributed by atoms with Crippen molar-refractivity contribution in [2.45, 2.75) is 32.4 Å². The smallest absolute Gasteiger partial charge is 0.138 e. The van der Waals surface area contributed by atoms with Gasteiger partial charge in [0, 0.05) is 6.54 Å². The van der Waals surface area contributed by atoms with Crippen molar-refractivity contribution in [1.29, 1.82) is 0 Å². The average molecular weight is 345 g/mol. The number of benzene rings is 2. The summed E-state index contributed by atoms with van der Waals surface area (Å²) in [6.07, 6.45) is 0.885. The molecule has 1 N–H and O–H groups in total. The number of hydrogen-bond acceptors (Lipinski definition) is 3. The van der Waals surface area contributed by atoms with Gasteiger partial charge in [0.1, 0.15) is 17.7 Å². The molecule has 0 saturated heterocycles. The van der Waals surface area contributed by atoms with Crippen LogP contribution in [0.2, 0.25) is 5.02 Å². The summed E-state index contributed by atoms with van der Waals surface area (Å²) in [7, 11) is 0. The van der Waals surface area contributed by atoms with E-state index in [4.69, 9.17) is 16.3 Å². The maximum absolute atomic E-state index is 10.3. The molecule has 0 aliphatic carbocycles. The van der Waals surface area contributed by atoms with Crippen LogP contribution in [0.1, 0.15) is 31.7 Å². The first-order valence-electron chi connectivity index (χ1n) is 8.21. The van der Waals surface area contributed by atoms with E-state index in [1.807, 2.05) is 55.5 Å². The quantitative estimate of drug-likeness (QED) is 0.637. The molecule has 0 unspecified atom stereocenters. The van der Waals surface area contributed by atoms with Gasteiger partial charge in [0.15, 0.2) is 0 Å². The molecule has 0 amide bonds. The fourth-order valence-corrected chi connectivity index (χ4v) is 2.92. The Hall–Kier alpha value is -2.04. The van der Waals surface area contributed by atoms with E-state index in [-0.39, 0.29) is 0 Å². The molecule has 5 heteroatoms. The number of aryl methyl sites for hydroxylation is 1. The van der Waals surface area contributed by atoms with Gasteiger partial charge >= 0.3 is 0 Å². The number of nitrogens with zero attached hydrogens (tertiary/aromatic N) is 2. The monoisotopic (exact) mass is 344 g/mol. The maximum Gasteiger partial charge on any atom is 0.138 e. The molecule has 0 bridgehead atoms. The minimum Gasteiger partial charge on any atom is -0.492 e. The van der Waals surface area contributed by atoms with Crippen molar-refractivity contribution in [2.75, 3.05) is 6.61 Å². The lowest BCUT2D eigenvalue weighted by Crippen LogP contribution is -2.11. The van der Waals surface area contributed by atoms with Crippen LogP contribution in [-0.2, 0) is 6.54 Å². The normalized spacial score (nSPS) is 12.5. The summed E-state index contributed by atoms with van der Waals surface area (Å²) in [6, 6.07) is 15.4. The number of hydrogen-bond donors (Lipinski definition) is 1. The summed E-state index contributed by atoms with van der Waals surface area (Å²) in [6.45, 7) is 3.24. The molecule has 3 rings (SSSR count). The molecular weight excluding hydrogens is 324 g/mol. The van der Waals surface area contributed by atoms with Crippen molar-refractivity contribution >= 4 is 22.6 Å². The van der Waals surface area contributed by atoms with Gasteiger partial charge in [0.25, 0.3) is 0 Å². The van der Waals surface area contributed by atoms with E-state index in [9.17, 15) is 5.11 Å². The van der Waals surface area contributed by atoms with Crippen LogP contribution in [-0.4, -0.2) is 21.3 Å². The first kappa shape index (κ1) is 16.8. The lowest BCUT2D eigenvalue weighted by Gasteiger charge is -2.13. The van der Waals surface area contributed by atoms with Gasteiger partial charge in [-0.25, -0.2) is 4.98 Å². The van der Waals surface area contributed by atoms with E-state index in [1.54, 1.807) is 0 Å². The van der Waals surface area contributed by atoms with Crippen molar-refractivity contribution in [3.05, 3.63) is 59.4 Å². The molecule has 1 atom stereocenters. The number of aliphatic hydroxyl groups is 1. The number of imidazole rings is 1. The van der Waals surface area contributed by atoms with E-state index < -0.39 is 6.10 Å². The van der Waals surface area contributed by atoms with Crippen LogP contribution in [0.5, 0.6) is 5.75 Å². The standard InChI is InChI=1S/C19H21ClN2O2/c1-2-17(23)19-21-15-9-4-5-10-16(15)22(19)12-7-13-24-18-11-6-3-8-14(18)20/h3-6,8-11,17,23H,2,7,12-13H2,1H3/t17-/m0/s1. The molecule has 0 aliphatic heterocycles. The van der Waals surface area contributed by atoms with Gasteiger partial charge < -0.3 is 14.4 Å². The Balaban J connectivity index is 1.71. The van der Waals surface area contributed by atoms with Gasteiger partial charge in [-0.3, -0.25) is 0 Å². The SMILES string of the molecule is CC[C@H](O)c1nc2ccccc2n1CCCOc1ccccc1Cl. The van der Waals surface area contributed by atoms with E-state index in [1.165, 1.54) is 0 Å². The zero-order valence-electron chi connectivity index (χ0n) is 13.7. The molecule has 0 spiro atoms. The molecule has 126 valence electrons. The second-order valence-corrected chi connectivity index (χ2v) is 6.07. The minimum absolute atomic E-state index is 0.553. The number of para-hydroxylation sites is 3. The van der Waals surface area contributed by atoms with E-state index in [0.29, 0.717) is 23.8 Å². The Bertz CT molecular complexity index is 816. The van der Waals surface area contributed by atoms with Crippen molar-refractivity contribution < 1.29 is 9.84 Å². The third-order valence-corrected chi connectivity index (χ3v) is 4.30. The van der Waals surface area contributed by atoms with Crippen molar-refractivity contribution in [2.24, 2.45) is 0 Å². The lowest BCUT2D eigenvalue weighted by molar-refractivity contribution is 0.158. The maximum atomic E-state index is 10.3. The molecule has 0 saturated carbocycles. The summed E-state index contributed by atoms with van der Waals surface area (Å²) in [5, 5.41) is 10.9. The summed E-state index contributed by atoms with van der Waals surface area (Å²) in [5.41, 5.74) is 1.95. The number of ether oxygens (including phenoxy) is 1. The summed E-state index contributed by atoms with van der Waals surface area (Å²) >= 11 is 6.09. The van der Waals surface area contributed by atoms with Crippen molar-refractivity contribution in [3.63, 3.8) is 0 Å². The van der Waals surface area contributed by atoms with Crippen LogP contribution in [0.4, 0.5) is 0 Å². The molecule has 3 aromatic rings. The molecule has 1 heterocycles. The Morgan fingerprint density at radius 1 is 1.17 bits per heavy atom. The van der Waals surface area contributed by atoms with Gasteiger partial charge in [-0.1, -0.05) is 42.8 Å². The Morgan fingerprint density at radius 2 is 1.92 bits per heavy atom. The summed E-state index contributed by atoms with van der Waals surface area (Å²) < 4.78 is 7.83. The van der Waals surface area contributed by atoms with Crippen LogP contribution < -0.4 is 4.74 Å². The predicted molar refractivity (Wildman–Crippen MR) is 96.5 cm³/mol. The highest BCUT2D eigenvalue weighted by Crippen LogP contribution is 2.25. The van der Waals surface area contributed by atoms with Gasteiger partial charge in [0.05, 0.1) is 22.7 Å². The largest absolute Gasteiger partial charge is 0.492 e. The molecule has 0 fully saturated rings. The summed E-state index contributed by atoms with van der Waals surface area (Å²) in [4.78, 5) is 4.59. The topological polar surface area (TPSA) is 47.3 Å². The lowest BCUT2D eigenvalue weighted by atomic mass is 10.2. The molecule has 1 aromatic heterocycles. The molecule has 2 aromatic carbocycles. The fourth-order valence-electron chi connectivity index (χ4n) is 2.73. The highest BCUT2D eigenvalue weighted by molar-refractivity contribution is 6.32. The number of aromatic nitrogens is 2. The van der Waals surface area contributed by atoms with Crippen LogP contribution in [0, 0.1) is 0 Å². The molecule has 0 aliphatic rings. The van der Waals surface area contributed by atoms with Gasteiger partial charge in [0.2, 0.25) is 0 Å². The zero-order chi connectivity index (χ0) is 16.9. The fraction of sp³-hybridized carbons (Fsp3) is 0.316. The zero-order valence-corrected chi connectivity index (χ0v) is 14.4. The van der Waals surface area contributed by atoms with Crippen molar-refractivity contribution in [3.8, 4) is 5.75 Å². The Labute approximate surface area is 146 Å². The number of aliphatic hydroxyl groups excluding tert-OH is 1. The van der Waals surface area contributed by atoms with Crippen LogP contribution in [0.15, 0.2) is 48.5 Å². The first-order chi connectivity index (χ1) is 11.7. The highest BCUT2D eigenvalue weighted by Gasteiger charge is 2.16. The van der Waals surface area contributed by atoms with Crippen molar-refractivity contribution in [1.82, 2.24) is 9.55 Å². The second-order valence-electron chi connectivity index (χ2n) is 5.67. The second kappa shape index (κ2) is 7.69. The number of fused-ring (bicyclic) bond motifs is 1. The Morgan fingerprint density at radius 3 is 2.71 bits per heavy atom. The number of rotatable bonds is 7. The first-order valence-corrected chi connectivity index (χ1v) is 8.59. The van der Waals surface area contributed by atoms with Gasteiger partial charge in [-0.15, -0.1) is 0 Å². The average Bonchev–Trinajstić information content (AvgIpc) is 2.98. The Kier molecular flexibility index (Phi) is 5.38. The highest BCUT2D eigenvalue weighted by atomic mass is 35.5. The van der Waals surface area contributed by atoms with E-state index >= 15 is 0 Å². The molecular formula is C19H21ClN2O2. The van der Waals surface area contributed by atoms with Gasteiger partial charge in [-0.2, -0.15) is 0 Å². The molecule has 4 nitrogen and oxygen atoms in total.